The van der Waals surface area contributed by atoms with E-state index in [0.29, 0.717) is 11.1 Å². The van der Waals surface area contributed by atoms with Gasteiger partial charge in [0.25, 0.3) is 5.91 Å². The molecule has 0 saturated carbocycles. The highest BCUT2D eigenvalue weighted by Crippen LogP contribution is 2.18. The van der Waals surface area contributed by atoms with Gasteiger partial charge >= 0.3 is 0 Å². The first-order chi connectivity index (χ1) is 13.1. The first kappa shape index (κ1) is 16.8. The maximum absolute atomic E-state index is 12.8. The molecule has 134 valence electrons. The van der Waals surface area contributed by atoms with E-state index in [0.717, 1.165) is 16.6 Å². The number of amides is 1. The van der Waals surface area contributed by atoms with Gasteiger partial charge in [0.1, 0.15) is 0 Å². The number of imidazole rings is 1. The topological polar surface area (TPSA) is 79.8 Å². The molecule has 27 heavy (non-hydrogen) atoms. The number of nitrogens with zero attached hydrogens (tertiary/aromatic N) is 2. The minimum atomic E-state index is -0.295. The Hall–Kier alpha value is -3.67. The molecule has 0 saturated heterocycles. The number of benzene rings is 2. The second-order valence-corrected chi connectivity index (χ2v) is 6.35. The molecular weight excluding hydrogens is 340 g/mol. The second kappa shape index (κ2) is 6.92. The van der Waals surface area contributed by atoms with Crippen LogP contribution in [0.15, 0.2) is 78.1 Å². The fourth-order valence-electron chi connectivity index (χ4n) is 3.10. The monoisotopic (exact) mass is 358 g/mol. The molecule has 4 rings (SSSR count). The van der Waals surface area contributed by atoms with E-state index in [2.05, 4.69) is 15.3 Å². The molecule has 6 nitrogen and oxygen atoms in total. The van der Waals surface area contributed by atoms with Crippen molar-refractivity contribution in [2.75, 3.05) is 0 Å². The molecule has 2 aromatic carbocycles. The molecule has 1 amide bonds. The number of hydrogen-bond acceptors (Lipinski definition) is 3. The summed E-state index contributed by atoms with van der Waals surface area (Å²) in [5, 5.41) is 3.69. The van der Waals surface area contributed by atoms with Crippen molar-refractivity contribution in [3.8, 4) is 5.69 Å². The number of H-pyrrole nitrogens is 1. The van der Waals surface area contributed by atoms with E-state index in [4.69, 9.17) is 0 Å². The van der Waals surface area contributed by atoms with Crippen molar-refractivity contribution in [1.29, 1.82) is 0 Å². The zero-order valence-corrected chi connectivity index (χ0v) is 14.7. The van der Waals surface area contributed by atoms with Crippen molar-refractivity contribution in [1.82, 2.24) is 19.9 Å². The van der Waals surface area contributed by atoms with Crippen LogP contribution in [0.4, 0.5) is 0 Å². The van der Waals surface area contributed by atoms with E-state index < -0.39 is 0 Å². The van der Waals surface area contributed by atoms with E-state index >= 15 is 0 Å². The summed E-state index contributed by atoms with van der Waals surface area (Å²) in [6.45, 7) is 1.92. The van der Waals surface area contributed by atoms with Crippen molar-refractivity contribution in [2.24, 2.45) is 0 Å². The Bertz CT molecular complexity index is 1140. The van der Waals surface area contributed by atoms with Gasteiger partial charge in [0.05, 0.1) is 17.9 Å². The summed E-state index contributed by atoms with van der Waals surface area (Å²) >= 11 is 0. The summed E-state index contributed by atoms with van der Waals surface area (Å²) in [4.78, 5) is 31.4. The molecule has 0 fully saturated rings. The Kier molecular flexibility index (Phi) is 4.30. The van der Waals surface area contributed by atoms with E-state index in [1.807, 2.05) is 60.2 Å². The van der Waals surface area contributed by atoms with Crippen LogP contribution in [-0.4, -0.2) is 20.4 Å². The van der Waals surface area contributed by atoms with Crippen molar-refractivity contribution in [3.63, 3.8) is 0 Å². The number of hydrogen-bond donors (Lipinski definition) is 2. The normalized spacial score (nSPS) is 12.0. The van der Waals surface area contributed by atoms with Crippen molar-refractivity contribution in [2.45, 2.75) is 13.0 Å². The maximum Gasteiger partial charge on any atom is 0.252 e. The molecule has 0 aliphatic carbocycles. The lowest BCUT2D eigenvalue weighted by molar-refractivity contribution is 0.0941. The second-order valence-electron chi connectivity index (χ2n) is 6.35. The van der Waals surface area contributed by atoms with Crippen LogP contribution in [0.3, 0.4) is 0 Å². The summed E-state index contributed by atoms with van der Waals surface area (Å²) < 4.78 is 1.91. The number of para-hydroxylation sites is 1. The molecule has 4 aromatic rings. The van der Waals surface area contributed by atoms with Gasteiger partial charge in [0.15, 0.2) is 0 Å². The van der Waals surface area contributed by atoms with E-state index in [1.165, 1.54) is 6.07 Å². The first-order valence-corrected chi connectivity index (χ1v) is 8.63. The Morgan fingerprint density at radius 1 is 1.15 bits per heavy atom. The highest BCUT2D eigenvalue weighted by atomic mass is 16.2. The van der Waals surface area contributed by atoms with Crippen molar-refractivity contribution in [3.05, 3.63) is 94.8 Å². The van der Waals surface area contributed by atoms with Gasteiger partial charge in [-0.15, -0.1) is 0 Å². The third kappa shape index (κ3) is 3.37. The minimum Gasteiger partial charge on any atom is -0.345 e. The standard InChI is InChI=1S/C21H18N4O2/c1-14(15-6-8-16(9-7-15)25-11-10-22-13-25)23-21(27)18-12-20(26)24-19-5-3-2-4-17(18)19/h2-14H,1H3,(H,23,27)(H,24,26). The van der Waals surface area contributed by atoms with Crippen LogP contribution in [0.25, 0.3) is 16.6 Å². The third-order valence-electron chi connectivity index (χ3n) is 4.54. The molecule has 1 unspecified atom stereocenters. The Labute approximate surface area is 155 Å². The number of carbonyl (C=O) groups is 1. The molecule has 0 bridgehead atoms. The lowest BCUT2D eigenvalue weighted by Crippen LogP contribution is -2.28. The van der Waals surface area contributed by atoms with Crippen LogP contribution in [0, 0.1) is 0 Å². The van der Waals surface area contributed by atoms with Gasteiger partial charge in [-0.25, -0.2) is 4.98 Å². The number of fused-ring (bicyclic) bond motifs is 1. The van der Waals surface area contributed by atoms with Gasteiger partial charge in [-0.3, -0.25) is 9.59 Å². The first-order valence-electron chi connectivity index (χ1n) is 8.63. The molecule has 2 N–H and O–H groups in total. The van der Waals surface area contributed by atoms with Crippen LogP contribution >= 0.6 is 0 Å². The van der Waals surface area contributed by atoms with Gasteiger partial charge in [-0.05, 0) is 30.7 Å². The predicted molar refractivity (Wildman–Crippen MR) is 104 cm³/mol. The Morgan fingerprint density at radius 3 is 2.67 bits per heavy atom. The van der Waals surface area contributed by atoms with Crippen molar-refractivity contribution >= 4 is 16.8 Å². The molecule has 2 heterocycles. The number of pyridine rings is 1. The molecule has 0 spiro atoms. The molecule has 0 aliphatic rings. The predicted octanol–water partition coefficient (Wildman–Crippen LogP) is 3.20. The smallest absolute Gasteiger partial charge is 0.252 e. The molecule has 0 radical (unpaired) electrons. The summed E-state index contributed by atoms with van der Waals surface area (Å²) in [5.41, 5.74) is 2.69. The lowest BCUT2D eigenvalue weighted by atomic mass is 10.1. The number of nitrogens with one attached hydrogen (secondary N) is 2. The SMILES string of the molecule is CC(NC(=O)c1cc(=O)[nH]c2ccccc12)c1ccc(-n2ccnc2)cc1. The Balaban J connectivity index is 1.57. The minimum absolute atomic E-state index is 0.201. The highest BCUT2D eigenvalue weighted by Gasteiger charge is 2.15. The summed E-state index contributed by atoms with van der Waals surface area (Å²) in [5.74, 6) is -0.275. The molecule has 6 heteroatoms. The van der Waals surface area contributed by atoms with Crippen LogP contribution in [0.2, 0.25) is 0 Å². The van der Waals surface area contributed by atoms with Crippen LogP contribution in [-0.2, 0) is 0 Å². The van der Waals surface area contributed by atoms with Gasteiger partial charge in [0.2, 0.25) is 5.56 Å². The van der Waals surface area contributed by atoms with Gasteiger partial charge < -0.3 is 14.9 Å². The van der Waals surface area contributed by atoms with Crippen LogP contribution in [0.1, 0.15) is 28.9 Å². The molecule has 2 aromatic heterocycles. The van der Waals surface area contributed by atoms with E-state index in [9.17, 15) is 9.59 Å². The van der Waals surface area contributed by atoms with Crippen molar-refractivity contribution < 1.29 is 4.79 Å². The zero-order valence-electron chi connectivity index (χ0n) is 14.7. The summed E-state index contributed by atoms with van der Waals surface area (Å²) in [6.07, 6.45) is 5.33. The average molecular weight is 358 g/mol. The van der Waals surface area contributed by atoms with Gasteiger partial charge in [-0.2, -0.15) is 0 Å². The maximum atomic E-state index is 12.8. The fraction of sp³-hybridized carbons (Fsp3) is 0.0952. The average Bonchev–Trinajstić information content (AvgIpc) is 3.22. The van der Waals surface area contributed by atoms with Gasteiger partial charge in [0, 0.05) is 35.1 Å². The summed E-state index contributed by atoms with van der Waals surface area (Å²) in [7, 11) is 0. The fourth-order valence-corrected chi connectivity index (χ4v) is 3.10. The summed E-state index contributed by atoms with van der Waals surface area (Å²) in [6, 6.07) is 16.3. The van der Waals surface area contributed by atoms with Crippen LogP contribution < -0.4 is 10.9 Å². The Morgan fingerprint density at radius 2 is 1.93 bits per heavy atom. The van der Waals surface area contributed by atoms with Crippen LogP contribution in [0.5, 0.6) is 0 Å². The number of aromatic amines is 1. The zero-order chi connectivity index (χ0) is 18.8. The quantitative estimate of drug-likeness (QED) is 0.588. The molecular formula is C21H18N4O2. The van der Waals surface area contributed by atoms with E-state index in [-0.39, 0.29) is 17.5 Å². The number of aromatic nitrogens is 3. The van der Waals surface area contributed by atoms with Gasteiger partial charge in [-0.1, -0.05) is 30.3 Å². The van der Waals surface area contributed by atoms with E-state index in [1.54, 1.807) is 18.6 Å². The number of rotatable bonds is 4. The number of carbonyl (C=O) groups excluding carboxylic acids is 1. The largest absolute Gasteiger partial charge is 0.345 e. The highest BCUT2D eigenvalue weighted by molar-refractivity contribution is 6.06. The third-order valence-corrected chi connectivity index (χ3v) is 4.54. The lowest BCUT2D eigenvalue weighted by Gasteiger charge is -2.16. The molecule has 0 aliphatic heterocycles. The molecule has 1 atom stereocenters.